The Labute approximate surface area is 104 Å². The first-order valence-electron chi connectivity index (χ1n) is 5.30. The second-order valence-corrected chi connectivity index (χ2v) is 6.37. The highest BCUT2D eigenvalue weighted by Crippen LogP contribution is 2.47. The van der Waals surface area contributed by atoms with Crippen LogP contribution in [0.4, 0.5) is 4.39 Å². The fraction of sp³-hybridized carbons (Fsp3) is 0.500. The van der Waals surface area contributed by atoms with Gasteiger partial charge in [0.2, 0.25) is 0 Å². The molecule has 0 spiro atoms. The zero-order valence-corrected chi connectivity index (χ0v) is 10.6. The van der Waals surface area contributed by atoms with Crippen LogP contribution < -0.4 is 0 Å². The monoisotopic (exact) mass is 260 g/mol. The molecule has 1 aromatic rings. The molecular weight excluding hydrogens is 247 g/mol. The summed E-state index contributed by atoms with van der Waals surface area (Å²) in [6.45, 7) is 2.01. The van der Waals surface area contributed by atoms with Crippen LogP contribution in [-0.2, 0) is 0 Å². The van der Waals surface area contributed by atoms with Crippen LogP contribution in [0.25, 0.3) is 0 Å². The minimum Gasteiger partial charge on any atom is -0.387 e. The Kier molecular flexibility index (Phi) is 3.48. The van der Waals surface area contributed by atoms with Gasteiger partial charge >= 0.3 is 0 Å². The molecule has 0 radical (unpaired) electrons. The molecule has 1 aliphatic rings. The molecule has 2 unspecified atom stereocenters. The van der Waals surface area contributed by atoms with Crippen molar-refractivity contribution in [2.45, 2.75) is 30.6 Å². The molecule has 0 bridgehead atoms. The van der Waals surface area contributed by atoms with E-state index in [0.29, 0.717) is 10.6 Å². The Bertz CT molecular complexity index is 391. The van der Waals surface area contributed by atoms with Crippen molar-refractivity contribution in [1.29, 1.82) is 0 Å². The van der Waals surface area contributed by atoms with Crippen molar-refractivity contribution in [3.63, 3.8) is 0 Å². The summed E-state index contributed by atoms with van der Waals surface area (Å²) < 4.78 is 12.9. The smallest absolute Gasteiger partial charge is 0.123 e. The molecule has 0 aliphatic carbocycles. The molecule has 2 rings (SSSR count). The summed E-state index contributed by atoms with van der Waals surface area (Å²) in [6.07, 6.45) is 1.32. The third kappa shape index (κ3) is 2.22. The molecule has 1 nitrogen and oxygen atoms in total. The van der Waals surface area contributed by atoms with Gasteiger partial charge in [-0.1, -0.05) is 11.6 Å². The van der Waals surface area contributed by atoms with Gasteiger partial charge in [0.05, 0.1) is 6.10 Å². The highest BCUT2D eigenvalue weighted by molar-refractivity contribution is 8.00. The lowest BCUT2D eigenvalue weighted by molar-refractivity contribution is 0.135. The third-order valence-corrected chi connectivity index (χ3v) is 5.00. The molecule has 0 saturated carbocycles. The Morgan fingerprint density at radius 1 is 1.56 bits per heavy atom. The second-order valence-electron chi connectivity index (χ2n) is 4.33. The van der Waals surface area contributed by atoms with Crippen LogP contribution in [-0.4, -0.2) is 15.6 Å². The fourth-order valence-corrected chi connectivity index (χ4v) is 3.62. The summed E-state index contributed by atoms with van der Waals surface area (Å²) in [5, 5.41) is 10.7. The molecule has 0 amide bonds. The molecule has 1 N–H and O–H groups in total. The van der Waals surface area contributed by atoms with E-state index in [-0.39, 0.29) is 10.6 Å². The first-order chi connectivity index (χ1) is 7.53. The predicted molar refractivity (Wildman–Crippen MR) is 66.5 cm³/mol. The fourth-order valence-electron chi connectivity index (χ4n) is 2.07. The molecule has 1 aromatic carbocycles. The molecule has 1 aliphatic heterocycles. The summed E-state index contributed by atoms with van der Waals surface area (Å²) in [5.74, 6) is 0.686. The average molecular weight is 261 g/mol. The van der Waals surface area contributed by atoms with Crippen LogP contribution >= 0.6 is 23.4 Å². The van der Waals surface area contributed by atoms with E-state index in [0.717, 1.165) is 18.6 Å². The maximum atomic E-state index is 13.1. The van der Waals surface area contributed by atoms with Gasteiger partial charge < -0.3 is 5.11 Å². The van der Waals surface area contributed by atoms with Crippen LogP contribution in [0, 0.1) is 5.82 Å². The Hall–Kier alpha value is -0.250. The van der Waals surface area contributed by atoms with Crippen molar-refractivity contribution in [3.05, 3.63) is 34.6 Å². The van der Waals surface area contributed by atoms with Crippen molar-refractivity contribution < 1.29 is 9.50 Å². The van der Waals surface area contributed by atoms with E-state index in [1.54, 1.807) is 11.8 Å². The second kappa shape index (κ2) is 4.55. The zero-order valence-electron chi connectivity index (χ0n) is 9.04. The minimum atomic E-state index is -0.705. The number of aliphatic hydroxyl groups is 1. The number of thioether (sulfide) groups is 1. The van der Waals surface area contributed by atoms with Crippen molar-refractivity contribution in [2.24, 2.45) is 0 Å². The van der Waals surface area contributed by atoms with Crippen LogP contribution in [0.5, 0.6) is 0 Å². The summed E-state index contributed by atoms with van der Waals surface area (Å²) in [7, 11) is 0. The first-order valence-corrected chi connectivity index (χ1v) is 6.66. The van der Waals surface area contributed by atoms with Crippen molar-refractivity contribution in [1.82, 2.24) is 0 Å². The van der Waals surface area contributed by atoms with Crippen LogP contribution in [0.1, 0.15) is 31.4 Å². The van der Waals surface area contributed by atoms with E-state index in [1.807, 2.05) is 6.92 Å². The van der Waals surface area contributed by atoms with Gasteiger partial charge in [0.15, 0.2) is 0 Å². The lowest BCUT2D eigenvalue weighted by Gasteiger charge is -2.29. The summed E-state index contributed by atoms with van der Waals surface area (Å²) >= 11 is 7.73. The third-order valence-electron chi connectivity index (χ3n) is 3.08. The van der Waals surface area contributed by atoms with E-state index in [4.69, 9.17) is 11.6 Å². The van der Waals surface area contributed by atoms with E-state index >= 15 is 0 Å². The van der Waals surface area contributed by atoms with Crippen LogP contribution in [0.3, 0.4) is 0 Å². The summed E-state index contributed by atoms with van der Waals surface area (Å²) in [5.41, 5.74) is 0.499. The van der Waals surface area contributed by atoms with Gasteiger partial charge in [-0.15, -0.1) is 0 Å². The molecular formula is C12H14ClFOS. The van der Waals surface area contributed by atoms with Crippen LogP contribution in [0.15, 0.2) is 18.2 Å². The molecule has 0 aromatic heterocycles. The topological polar surface area (TPSA) is 20.2 Å². The maximum Gasteiger partial charge on any atom is 0.123 e. The van der Waals surface area contributed by atoms with Gasteiger partial charge in [-0.25, -0.2) is 4.39 Å². The quantitative estimate of drug-likeness (QED) is 0.873. The number of benzene rings is 1. The molecule has 16 heavy (non-hydrogen) atoms. The largest absolute Gasteiger partial charge is 0.387 e. The van der Waals surface area contributed by atoms with E-state index in [9.17, 15) is 9.50 Å². The molecule has 1 fully saturated rings. The van der Waals surface area contributed by atoms with Crippen molar-refractivity contribution >= 4 is 23.4 Å². The van der Waals surface area contributed by atoms with Gasteiger partial charge in [0, 0.05) is 15.3 Å². The highest BCUT2D eigenvalue weighted by Gasteiger charge is 2.38. The standard InChI is InChI=1S/C12H14ClFOS/c1-12(5-2-6-16-12)11(15)9-7-8(14)3-4-10(9)13/h3-4,7,11,15H,2,5-6H2,1H3. The average Bonchev–Trinajstić information content (AvgIpc) is 2.69. The first kappa shape index (κ1) is 12.2. The number of hydrogen-bond acceptors (Lipinski definition) is 2. The van der Waals surface area contributed by atoms with Crippen LogP contribution in [0.2, 0.25) is 5.02 Å². The van der Waals surface area contributed by atoms with Gasteiger partial charge in [0.1, 0.15) is 5.82 Å². The molecule has 1 heterocycles. The molecule has 88 valence electrons. The summed E-state index contributed by atoms with van der Waals surface area (Å²) in [4.78, 5) is 0. The Morgan fingerprint density at radius 3 is 2.94 bits per heavy atom. The zero-order chi connectivity index (χ0) is 11.8. The summed E-state index contributed by atoms with van der Waals surface area (Å²) in [6, 6.07) is 4.14. The van der Waals surface area contributed by atoms with Gasteiger partial charge in [-0.05, 0) is 43.7 Å². The van der Waals surface area contributed by atoms with E-state index in [1.165, 1.54) is 18.2 Å². The predicted octanol–water partition coefficient (Wildman–Crippen LogP) is 3.80. The lowest BCUT2D eigenvalue weighted by atomic mass is 9.93. The van der Waals surface area contributed by atoms with Gasteiger partial charge in [-0.3, -0.25) is 0 Å². The maximum absolute atomic E-state index is 13.1. The number of aliphatic hydroxyl groups excluding tert-OH is 1. The number of halogens is 2. The Balaban J connectivity index is 2.32. The Morgan fingerprint density at radius 2 is 2.31 bits per heavy atom. The number of hydrogen-bond donors (Lipinski definition) is 1. The highest BCUT2D eigenvalue weighted by atomic mass is 35.5. The van der Waals surface area contributed by atoms with E-state index < -0.39 is 6.10 Å². The number of rotatable bonds is 2. The van der Waals surface area contributed by atoms with E-state index in [2.05, 4.69) is 0 Å². The van der Waals surface area contributed by atoms with Crippen molar-refractivity contribution in [3.8, 4) is 0 Å². The van der Waals surface area contributed by atoms with Gasteiger partial charge in [0.25, 0.3) is 0 Å². The van der Waals surface area contributed by atoms with Crippen molar-refractivity contribution in [2.75, 3.05) is 5.75 Å². The normalized spacial score (nSPS) is 27.0. The molecule has 2 atom stereocenters. The molecule has 4 heteroatoms. The molecule has 1 saturated heterocycles. The van der Waals surface area contributed by atoms with Gasteiger partial charge in [-0.2, -0.15) is 11.8 Å². The minimum absolute atomic E-state index is 0.239. The lowest BCUT2D eigenvalue weighted by Crippen LogP contribution is -2.26. The SMILES string of the molecule is CC1(C(O)c2cc(F)ccc2Cl)CCCS1.